The van der Waals surface area contributed by atoms with Crippen molar-refractivity contribution in [3.63, 3.8) is 0 Å². The maximum Gasteiger partial charge on any atom is 0.262 e. The quantitative estimate of drug-likeness (QED) is 0.400. The first-order chi connectivity index (χ1) is 16.0. The number of fused-ring (bicyclic) bond motifs is 1. The van der Waals surface area contributed by atoms with Crippen LogP contribution in [0.15, 0.2) is 34.6 Å². The highest BCUT2D eigenvalue weighted by molar-refractivity contribution is 7.15. The van der Waals surface area contributed by atoms with E-state index in [0.29, 0.717) is 46.6 Å². The number of rotatable bonds is 6. The first kappa shape index (κ1) is 24.2. The third kappa shape index (κ3) is 4.54. The van der Waals surface area contributed by atoms with Gasteiger partial charge in [-0.25, -0.2) is 4.98 Å². The molecule has 0 saturated carbocycles. The number of aryl methyl sites for hydroxylation is 2. The van der Waals surface area contributed by atoms with Crippen LogP contribution in [0.1, 0.15) is 71.3 Å². The fraction of sp³-hybridized carbons (Fsp3) is 0.400. The summed E-state index contributed by atoms with van der Waals surface area (Å²) in [5, 5.41) is 4.86. The Balaban J connectivity index is 1.53. The summed E-state index contributed by atoms with van der Waals surface area (Å²) in [5.74, 6) is -0.739. The van der Waals surface area contributed by atoms with Gasteiger partial charge in [-0.3, -0.25) is 23.7 Å². The van der Waals surface area contributed by atoms with E-state index in [4.69, 9.17) is 0 Å². The molecule has 4 heterocycles. The van der Waals surface area contributed by atoms with Crippen LogP contribution in [0.25, 0.3) is 10.9 Å². The van der Waals surface area contributed by atoms with Gasteiger partial charge in [-0.1, -0.05) is 27.4 Å². The zero-order chi connectivity index (χ0) is 24.8. The number of carbonyl (C=O) groups is 3. The molecule has 1 amide bonds. The lowest BCUT2D eigenvalue weighted by molar-refractivity contribution is -0.125. The Morgan fingerprint density at radius 2 is 2.00 bits per heavy atom. The minimum absolute atomic E-state index is 0.0498. The molecule has 3 aromatic heterocycles. The third-order valence-corrected chi connectivity index (χ3v) is 8.49. The first-order valence-electron chi connectivity index (χ1n) is 11.1. The average molecular weight is 498 g/mol. The molecule has 1 aliphatic heterocycles. The number of carbonyl (C=O) groups excluding carboxylic acids is 3. The molecule has 1 fully saturated rings. The van der Waals surface area contributed by atoms with Crippen molar-refractivity contribution in [2.75, 3.05) is 0 Å². The molecular formula is C25H27N3O4S2. The van der Waals surface area contributed by atoms with Gasteiger partial charge in [0.05, 0.1) is 15.8 Å². The predicted octanol–water partition coefficient (Wildman–Crippen LogP) is 4.47. The fourth-order valence-electron chi connectivity index (χ4n) is 4.05. The Kier molecular flexibility index (Phi) is 6.44. The number of aromatic nitrogens is 2. The molecule has 1 unspecified atom stereocenters. The standard InChI is InChI=1S/C25H27N3O4S2/c1-13-6-7-16(23(31)26-13)28-14(2)27-21-15(24(28)32)12-33-18(21)9-8-17(29)22(30)19-10-11-20(34-19)25(3,4)5/h10-12,16H,1,6-9H2,2-5H3,(H,26,31). The van der Waals surface area contributed by atoms with Crippen molar-refractivity contribution < 1.29 is 14.4 Å². The van der Waals surface area contributed by atoms with E-state index in [1.165, 1.54) is 27.2 Å². The lowest BCUT2D eigenvalue weighted by Gasteiger charge is -2.26. The van der Waals surface area contributed by atoms with Crippen molar-refractivity contribution >= 4 is 51.1 Å². The Morgan fingerprint density at radius 1 is 1.26 bits per heavy atom. The van der Waals surface area contributed by atoms with Crippen molar-refractivity contribution in [2.45, 2.75) is 64.8 Å². The van der Waals surface area contributed by atoms with Gasteiger partial charge in [0.2, 0.25) is 17.5 Å². The predicted molar refractivity (Wildman–Crippen MR) is 135 cm³/mol. The normalized spacial score (nSPS) is 16.6. The molecule has 4 rings (SSSR count). The highest BCUT2D eigenvalue weighted by Gasteiger charge is 2.29. The van der Waals surface area contributed by atoms with Crippen LogP contribution in [-0.4, -0.2) is 27.0 Å². The number of nitrogens with one attached hydrogen (secondary N) is 1. The second kappa shape index (κ2) is 9.03. The fourth-order valence-corrected chi connectivity index (χ4v) is 6.03. The number of ketones is 2. The molecule has 178 valence electrons. The zero-order valence-corrected chi connectivity index (χ0v) is 21.3. The topological polar surface area (TPSA) is 98.1 Å². The van der Waals surface area contributed by atoms with Crippen LogP contribution in [-0.2, 0) is 21.4 Å². The van der Waals surface area contributed by atoms with Gasteiger partial charge in [0.15, 0.2) is 0 Å². The first-order valence-corrected chi connectivity index (χ1v) is 12.8. The molecule has 9 heteroatoms. The maximum absolute atomic E-state index is 13.2. The Morgan fingerprint density at radius 3 is 2.65 bits per heavy atom. The monoisotopic (exact) mass is 497 g/mol. The highest BCUT2D eigenvalue weighted by Crippen LogP contribution is 2.30. The van der Waals surface area contributed by atoms with E-state index in [2.05, 4.69) is 37.7 Å². The molecule has 0 radical (unpaired) electrons. The van der Waals surface area contributed by atoms with Crippen molar-refractivity contribution in [1.82, 2.24) is 14.9 Å². The van der Waals surface area contributed by atoms with Gasteiger partial charge in [-0.15, -0.1) is 22.7 Å². The van der Waals surface area contributed by atoms with Crippen molar-refractivity contribution in [2.24, 2.45) is 0 Å². The van der Waals surface area contributed by atoms with Gasteiger partial charge in [0.1, 0.15) is 11.9 Å². The summed E-state index contributed by atoms with van der Waals surface area (Å²) in [6.45, 7) is 11.7. The number of thiophene rings is 2. The summed E-state index contributed by atoms with van der Waals surface area (Å²) >= 11 is 2.71. The van der Waals surface area contributed by atoms with Crippen LogP contribution in [0.2, 0.25) is 0 Å². The van der Waals surface area contributed by atoms with E-state index in [9.17, 15) is 19.2 Å². The molecule has 3 aromatic rings. The van der Waals surface area contributed by atoms with E-state index in [1.54, 1.807) is 18.4 Å². The summed E-state index contributed by atoms with van der Waals surface area (Å²) in [4.78, 5) is 57.8. The van der Waals surface area contributed by atoms with Crippen LogP contribution in [0, 0.1) is 6.92 Å². The minimum atomic E-state index is -0.624. The maximum atomic E-state index is 13.2. The van der Waals surface area contributed by atoms with Gasteiger partial charge in [-0.2, -0.15) is 0 Å². The molecule has 0 aromatic carbocycles. The van der Waals surface area contributed by atoms with Crippen LogP contribution in [0.5, 0.6) is 0 Å². The summed E-state index contributed by atoms with van der Waals surface area (Å²) < 4.78 is 1.44. The molecule has 0 bridgehead atoms. The number of piperidine rings is 1. The summed E-state index contributed by atoms with van der Waals surface area (Å²) in [7, 11) is 0. The zero-order valence-electron chi connectivity index (χ0n) is 19.7. The van der Waals surface area contributed by atoms with Gasteiger partial charge in [0.25, 0.3) is 5.56 Å². The lowest BCUT2D eigenvalue weighted by Crippen LogP contribution is -2.41. The Labute approximate surface area is 205 Å². The van der Waals surface area contributed by atoms with E-state index in [1.807, 2.05) is 6.07 Å². The smallest absolute Gasteiger partial charge is 0.262 e. The number of nitrogens with zero attached hydrogens (tertiary/aromatic N) is 2. The van der Waals surface area contributed by atoms with Gasteiger partial charge >= 0.3 is 0 Å². The minimum Gasteiger partial charge on any atom is -0.329 e. The average Bonchev–Trinajstić information content (AvgIpc) is 3.40. The molecule has 34 heavy (non-hydrogen) atoms. The summed E-state index contributed by atoms with van der Waals surface area (Å²) in [6, 6.07) is 3.00. The van der Waals surface area contributed by atoms with Crippen molar-refractivity contribution in [3.8, 4) is 0 Å². The molecule has 1 saturated heterocycles. The number of hydrogen-bond donors (Lipinski definition) is 1. The third-order valence-electron chi connectivity index (χ3n) is 5.94. The number of allylic oxidation sites excluding steroid dienone is 1. The van der Waals surface area contributed by atoms with E-state index in [0.717, 1.165) is 9.75 Å². The Hall–Kier alpha value is -2.91. The second-order valence-corrected chi connectivity index (χ2v) is 11.6. The second-order valence-electron chi connectivity index (χ2n) is 9.57. The Bertz CT molecular complexity index is 1390. The molecule has 1 N–H and O–H groups in total. The summed E-state index contributed by atoms with van der Waals surface area (Å²) in [6.07, 6.45) is 1.47. The lowest BCUT2D eigenvalue weighted by atomic mass is 9.95. The highest BCUT2D eigenvalue weighted by atomic mass is 32.1. The molecular weight excluding hydrogens is 470 g/mol. The van der Waals surface area contributed by atoms with Crippen LogP contribution < -0.4 is 10.9 Å². The largest absolute Gasteiger partial charge is 0.329 e. The number of hydrogen-bond acceptors (Lipinski definition) is 7. The van der Waals surface area contributed by atoms with E-state index < -0.39 is 17.6 Å². The molecule has 1 aliphatic rings. The molecule has 1 atom stereocenters. The van der Waals surface area contributed by atoms with Gasteiger partial charge in [0, 0.05) is 27.3 Å². The van der Waals surface area contributed by atoms with Gasteiger partial charge < -0.3 is 5.32 Å². The SMILES string of the molecule is C=C1CCC(n2c(C)nc3c(CCC(=O)C(=O)c4ccc(C(C)(C)C)s4)scc3c2=O)C(=O)N1. The number of amides is 1. The van der Waals surface area contributed by atoms with Crippen LogP contribution in [0.4, 0.5) is 0 Å². The molecule has 7 nitrogen and oxygen atoms in total. The van der Waals surface area contributed by atoms with E-state index in [-0.39, 0.29) is 23.3 Å². The van der Waals surface area contributed by atoms with Crippen molar-refractivity contribution in [1.29, 1.82) is 0 Å². The van der Waals surface area contributed by atoms with Crippen molar-refractivity contribution in [3.05, 3.63) is 60.6 Å². The van der Waals surface area contributed by atoms with Crippen LogP contribution in [0.3, 0.4) is 0 Å². The summed E-state index contributed by atoms with van der Waals surface area (Å²) in [5.41, 5.74) is 0.838. The van der Waals surface area contributed by atoms with Gasteiger partial charge in [-0.05, 0) is 43.7 Å². The van der Waals surface area contributed by atoms with Crippen LogP contribution >= 0.6 is 22.7 Å². The molecule has 0 aliphatic carbocycles. The van der Waals surface area contributed by atoms with E-state index >= 15 is 0 Å². The number of Topliss-reactive ketones (excluding diaryl/α,β-unsaturated/α-hetero) is 2. The molecule has 0 spiro atoms.